The van der Waals surface area contributed by atoms with Crippen LogP contribution in [0.2, 0.25) is 0 Å². The van der Waals surface area contributed by atoms with E-state index in [1.54, 1.807) is 31.1 Å². The van der Waals surface area contributed by atoms with Gasteiger partial charge in [0.25, 0.3) is 5.91 Å². The van der Waals surface area contributed by atoms with Gasteiger partial charge in [0.1, 0.15) is 11.6 Å². The third kappa shape index (κ3) is 3.97. The lowest BCUT2D eigenvalue weighted by atomic mass is 10.1. The average Bonchev–Trinajstić information content (AvgIpc) is 2.33. The first-order chi connectivity index (χ1) is 8.95. The highest BCUT2D eigenvalue weighted by atomic mass is 16.4. The summed E-state index contributed by atoms with van der Waals surface area (Å²) in [5.74, 6) is -0.00912. The molecule has 0 spiro atoms. The molecule has 100 valence electrons. The van der Waals surface area contributed by atoms with Gasteiger partial charge in [0.2, 0.25) is 0 Å². The SMILES string of the molecule is Cc1cccc(NC(=C=O)CCC(=O)O)c1C(N)=O. The Morgan fingerprint density at radius 2 is 2.05 bits per heavy atom. The number of carbonyl (C=O) groups is 2. The van der Waals surface area contributed by atoms with Gasteiger partial charge in [0, 0.05) is 6.42 Å². The summed E-state index contributed by atoms with van der Waals surface area (Å²) in [6.07, 6.45) is -0.194. The highest BCUT2D eigenvalue weighted by Crippen LogP contribution is 2.21. The highest BCUT2D eigenvalue weighted by molar-refractivity contribution is 6.00. The maximum atomic E-state index is 11.4. The third-order valence-electron chi connectivity index (χ3n) is 2.52. The Kier molecular flexibility index (Phi) is 4.85. The summed E-state index contributed by atoms with van der Waals surface area (Å²) in [7, 11) is 0. The molecule has 6 heteroatoms. The quantitative estimate of drug-likeness (QED) is 0.665. The molecular weight excluding hydrogens is 248 g/mol. The van der Waals surface area contributed by atoms with Crippen LogP contribution in [0, 0.1) is 6.92 Å². The molecule has 4 N–H and O–H groups in total. The molecule has 1 aromatic rings. The maximum absolute atomic E-state index is 11.4. The number of nitrogens with two attached hydrogens (primary N) is 1. The Morgan fingerprint density at radius 1 is 1.37 bits per heavy atom. The van der Waals surface area contributed by atoms with Crippen molar-refractivity contribution in [1.82, 2.24) is 0 Å². The van der Waals surface area contributed by atoms with Crippen molar-refractivity contribution in [2.45, 2.75) is 19.8 Å². The second-order valence-electron chi connectivity index (χ2n) is 3.96. The Balaban J connectivity index is 2.98. The first kappa shape index (κ1) is 14.5. The zero-order valence-electron chi connectivity index (χ0n) is 10.4. The number of carbonyl (C=O) groups excluding carboxylic acids is 2. The minimum Gasteiger partial charge on any atom is -0.481 e. The van der Waals surface area contributed by atoms with Crippen LogP contribution < -0.4 is 11.1 Å². The first-order valence-corrected chi connectivity index (χ1v) is 5.58. The summed E-state index contributed by atoms with van der Waals surface area (Å²) < 4.78 is 0. The molecule has 0 unspecified atom stereocenters. The normalized spacial score (nSPS) is 9.53. The zero-order valence-corrected chi connectivity index (χ0v) is 10.4. The number of allylic oxidation sites excluding steroid dienone is 1. The fourth-order valence-electron chi connectivity index (χ4n) is 1.63. The van der Waals surface area contributed by atoms with Crippen molar-refractivity contribution in [3.63, 3.8) is 0 Å². The predicted molar refractivity (Wildman–Crippen MR) is 69.4 cm³/mol. The standard InChI is InChI=1S/C13H14N2O4/c1-8-3-2-4-10(12(8)13(14)19)15-9(7-16)5-6-11(17)18/h2-4,15H,5-6H2,1H3,(H2,14,19)(H,17,18). The van der Waals surface area contributed by atoms with E-state index in [4.69, 9.17) is 10.8 Å². The Morgan fingerprint density at radius 3 is 2.58 bits per heavy atom. The van der Waals surface area contributed by atoms with Crippen molar-refractivity contribution < 1.29 is 19.5 Å². The Labute approximate surface area is 109 Å². The minimum absolute atomic E-state index is 0.00494. The summed E-state index contributed by atoms with van der Waals surface area (Å²) in [5, 5.41) is 11.3. The molecule has 1 aromatic carbocycles. The lowest BCUT2D eigenvalue weighted by Crippen LogP contribution is -2.16. The largest absolute Gasteiger partial charge is 0.481 e. The molecule has 0 bridgehead atoms. The number of aryl methyl sites for hydroxylation is 1. The fraction of sp³-hybridized carbons (Fsp3) is 0.231. The van der Waals surface area contributed by atoms with Gasteiger partial charge in [0.05, 0.1) is 17.7 Å². The molecule has 19 heavy (non-hydrogen) atoms. The van der Waals surface area contributed by atoms with Gasteiger partial charge in [-0.15, -0.1) is 0 Å². The van der Waals surface area contributed by atoms with Crippen LogP contribution in [0.4, 0.5) is 5.69 Å². The molecule has 0 saturated carbocycles. The summed E-state index contributed by atoms with van der Waals surface area (Å²) >= 11 is 0. The van der Waals surface area contributed by atoms with Crippen LogP contribution in [-0.4, -0.2) is 22.9 Å². The van der Waals surface area contributed by atoms with Gasteiger partial charge in [-0.05, 0) is 18.6 Å². The van der Waals surface area contributed by atoms with Crippen LogP contribution >= 0.6 is 0 Å². The summed E-state index contributed by atoms with van der Waals surface area (Å²) in [5.41, 5.74) is 6.65. The maximum Gasteiger partial charge on any atom is 0.303 e. The van der Waals surface area contributed by atoms with E-state index in [0.717, 1.165) is 0 Å². The summed E-state index contributed by atoms with van der Waals surface area (Å²) in [4.78, 5) is 32.6. The molecule has 0 radical (unpaired) electrons. The van der Waals surface area contributed by atoms with Gasteiger partial charge in [0.15, 0.2) is 0 Å². The summed E-state index contributed by atoms with van der Waals surface area (Å²) in [6, 6.07) is 5.00. The topological polar surface area (TPSA) is 109 Å². The number of benzene rings is 1. The van der Waals surface area contributed by atoms with Gasteiger partial charge < -0.3 is 16.2 Å². The molecule has 0 aromatic heterocycles. The van der Waals surface area contributed by atoms with E-state index in [9.17, 15) is 14.4 Å². The number of primary amides is 1. The van der Waals surface area contributed by atoms with Crippen molar-refractivity contribution in [1.29, 1.82) is 0 Å². The van der Waals surface area contributed by atoms with E-state index in [0.29, 0.717) is 11.3 Å². The van der Waals surface area contributed by atoms with Crippen LogP contribution in [0.15, 0.2) is 23.9 Å². The molecule has 0 aliphatic rings. The van der Waals surface area contributed by atoms with Crippen LogP contribution in [0.3, 0.4) is 0 Å². The van der Waals surface area contributed by atoms with E-state index in [2.05, 4.69) is 5.32 Å². The molecule has 0 aliphatic carbocycles. The second kappa shape index (κ2) is 6.37. The monoisotopic (exact) mass is 262 g/mol. The van der Waals surface area contributed by atoms with Crippen LogP contribution in [0.5, 0.6) is 0 Å². The van der Waals surface area contributed by atoms with E-state index in [-0.39, 0.29) is 24.1 Å². The smallest absolute Gasteiger partial charge is 0.303 e. The molecular formula is C13H14N2O4. The lowest BCUT2D eigenvalue weighted by Gasteiger charge is -2.12. The highest BCUT2D eigenvalue weighted by Gasteiger charge is 2.12. The zero-order chi connectivity index (χ0) is 14.4. The number of carboxylic acids is 1. The Bertz CT molecular complexity index is 560. The van der Waals surface area contributed by atoms with Crippen molar-refractivity contribution in [3.05, 3.63) is 35.0 Å². The van der Waals surface area contributed by atoms with E-state index < -0.39 is 11.9 Å². The molecule has 0 saturated heterocycles. The third-order valence-corrected chi connectivity index (χ3v) is 2.52. The molecule has 6 nitrogen and oxygen atoms in total. The number of amides is 1. The second-order valence-corrected chi connectivity index (χ2v) is 3.96. The number of hydrogen-bond donors (Lipinski definition) is 3. The first-order valence-electron chi connectivity index (χ1n) is 5.58. The van der Waals surface area contributed by atoms with Crippen LogP contribution in [-0.2, 0) is 9.59 Å². The molecule has 0 aliphatic heterocycles. The predicted octanol–water partition coefficient (Wildman–Crippen LogP) is 1.09. The van der Waals surface area contributed by atoms with Gasteiger partial charge in [-0.25, -0.2) is 4.79 Å². The number of anilines is 1. The lowest BCUT2D eigenvalue weighted by molar-refractivity contribution is -0.136. The van der Waals surface area contributed by atoms with Crippen molar-refractivity contribution >= 4 is 23.5 Å². The average molecular weight is 262 g/mol. The molecule has 1 amide bonds. The minimum atomic E-state index is -1.02. The van der Waals surface area contributed by atoms with Crippen LogP contribution in [0.25, 0.3) is 0 Å². The fourth-order valence-corrected chi connectivity index (χ4v) is 1.63. The van der Waals surface area contributed by atoms with Crippen molar-refractivity contribution in [2.75, 3.05) is 5.32 Å². The van der Waals surface area contributed by atoms with E-state index >= 15 is 0 Å². The molecule has 0 heterocycles. The Hall–Kier alpha value is -2.59. The molecule has 0 atom stereocenters. The number of aliphatic carboxylic acids is 1. The number of nitrogens with one attached hydrogen (secondary N) is 1. The number of hydrogen-bond acceptors (Lipinski definition) is 4. The van der Waals surface area contributed by atoms with Gasteiger partial charge >= 0.3 is 5.97 Å². The number of rotatable bonds is 6. The van der Waals surface area contributed by atoms with Crippen LogP contribution in [0.1, 0.15) is 28.8 Å². The van der Waals surface area contributed by atoms with E-state index in [1.165, 1.54) is 0 Å². The molecule has 0 fully saturated rings. The van der Waals surface area contributed by atoms with Gasteiger partial charge in [-0.3, -0.25) is 9.59 Å². The molecule has 1 rings (SSSR count). The summed E-state index contributed by atoms with van der Waals surface area (Å²) in [6.45, 7) is 1.72. The number of carboxylic acid groups (broad SMARTS) is 1. The van der Waals surface area contributed by atoms with Gasteiger partial charge in [-0.2, -0.15) is 0 Å². The van der Waals surface area contributed by atoms with E-state index in [1.807, 2.05) is 0 Å². The van der Waals surface area contributed by atoms with Gasteiger partial charge in [-0.1, -0.05) is 12.1 Å². The van der Waals surface area contributed by atoms with Crippen molar-refractivity contribution in [2.24, 2.45) is 5.73 Å². The van der Waals surface area contributed by atoms with Crippen molar-refractivity contribution in [3.8, 4) is 0 Å².